The third-order valence-electron chi connectivity index (χ3n) is 9.26. The summed E-state index contributed by atoms with van der Waals surface area (Å²) in [5.41, 5.74) is 0. The molecule has 0 aliphatic rings. The topological polar surface area (TPSA) is 43.4 Å². The monoisotopic (exact) mass is 632 g/mol. The number of hydrogen-bond acceptors (Lipinski definition) is 3. The van der Waals surface area contributed by atoms with E-state index in [1.807, 2.05) is 0 Å². The fraction of sp³-hybridized carbons (Fsp3) is 0.974. The second kappa shape index (κ2) is 41.1. The summed E-state index contributed by atoms with van der Waals surface area (Å²) in [5, 5.41) is 10.8. The van der Waals surface area contributed by atoms with Crippen LogP contribution in [0.2, 0.25) is 0 Å². The van der Waals surface area contributed by atoms with E-state index in [1.165, 1.54) is 206 Å². The molecule has 252 valence electrons. The minimum absolute atomic E-state index is 0. The van der Waals surface area contributed by atoms with Gasteiger partial charge in [-0.15, -0.1) is 0 Å². The molecule has 0 bridgehead atoms. The van der Waals surface area contributed by atoms with Gasteiger partial charge in [-0.05, 0) is 51.7 Å². The molecule has 0 aromatic heterocycles. The van der Waals surface area contributed by atoms with Crippen LogP contribution in [0.15, 0.2) is 0 Å². The van der Waals surface area contributed by atoms with E-state index in [9.17, 15) is 9.90 Å². The van der Waals surface area contributed by atoms with Gasteiger partial charge in [0.1, 0.15) is 0 Å². The number of hydrogen-bond donors (Lipinski definition) is 0. The first kappa shape index (κ1) is 46.2. The number of aliphatic carboxylic acids is 1. The van der Waals surface area contributed by atoms with Gasteiger partial charge in [-0.2, -0.15) is 0 Å². The maximum Gasteiger partial charge on any atom is 1.00 e. The molecule has 0 atom stereocenters. The van der Waals surface area contributed by atoms with Crippen molar-refractivity contribution in [3.63, 3.8) is 0 Å². The summed E-state index contributed by atoms with van der Waals surface area (Å²) in [6.07, 6.45) is 44.3. The molecular formula is C39H78KNO2. The number of rotatable bonds is 37. The maximum atomic E-state index is 10.8. The Hall–Kier alpha value is 1.07. The summed E-state index contributed by atoms with van der Waals surface area (Å²) in [7, 11) is 0. The summed E-state index contributed by atoms with van der Waals surface area (Å²) in [5.74, 6) is -0.897. The molecule has 0 rings (SSSR count). The van der Waals surface area contributed by atoms with E-state index in [0.29, 0.717) is 0 Å². The van der Waals surface area contributed by atoms with Gasteiger partial charge in [-0.3, -0.25) is 0 Å². The third-order valence-corrected chi connectivity index (χ3v) is 9.26. The van der Waals surface area contributed by atoms with Gasteiger partial charge in [-0.25, -0.2) is 0 Å². The molecule has 4 heteroatoms. The molecule has 0 aromatic carbocycles. The Kier molecular flexibility index (Phi) is 44.1. The van der Waals surface area contributed by atoms with E-state index < -0.39 is 5.97 Å². The van der Waals surface area contributed by atoms with Crippen molar-refractivity contribution in [1.82, 2.24) is 4.90 Å². The van der Waals surface area contributed by atoms with Gasteiger partial charge in [0.2, 0.25) is 0 Å². The molecule has 3 nitrogen and oxygen atoms in total. The number of carbonyl (C=O) groups is 1. The average molecular weight is 632 g/mol. The Morgan fingerprint density at radius 2 is 0.581 bits per heavy atom. The average Bonchev–Trinajstić information content (AvgIpc) is 2.98. The van der Waals surface area contributed by atoms with Gasteiger partial charge >= 0.3 is 51.4 Å². The molecule has 0 radical (unpaired) electrons. The van der Waals surface area contributed by atoms with Gasteiger partial charge < -0.3 is 14.8 Å². The van der Waals surface area contributed by atoms with Gasteiger partial charge in [0.05, 0.1) is 0 Å². The molecular weight excluding hydrogens is 554 g/mol. The van der Waals surface area contributed by atoms with E-state index in [1.54, 1.807) is 0 Å². The van der Waals surface area contributed by atoms with Crippen LogP contribution in [0.5, 0.6) is 0 Å². The molecule has 0 saturated heterocycles. The quantitative estimate of drug-likeness (QED) is 0.0508. The smallest absolute Gasteiger partial charge is 0.550 e. The molecule has 0 spiro atoms. The minimum atomic E-state index is -0.897. The number of nitrogens with zero attached hydrogens (tertiary/aromatic N) is 1. The second-order valence-electron chi connectivity index (χ2n) is 13.6. The van der Waals surface area contributed by atoms with Crippen LogP contribution in [0.4, 0.5) is 0 Å². The first-order valence-corrected chi connectivity index (χ1v) is 19.6. The molecule has 0 saturated carbocycles. The summed E-state index contributed by atoms with van der Waals surface area (Å²) in [6, 6.07) is 0. The predicted octanol–water partition coefficient (Wildman–Crippen LogP) is 8.96. The second-order valence-corrected chi connectivity index (χ2v) is 13.6. The zero-order valence-corrected chi connectivity index (χ0v) is 33.3. The number of carbonyl (C=O) groups excluding carboxylic acids is 1. The summed E-state index contributed by atoms with van der Waals surface area (Å²) >= 11 is 0. The van der Waals surface area contributed by atoms with Crippen molar-refractivity contribution < 1.29 is 61.3 Å². The van der Waals surface area contributed by atoms with Crippen LogP contribution in [0.1, 0.15) is 226 Å². The van der Waals surface area contributed by atoms with Crippen molar-refractivity contribution in [1.29, 1.82) is 0 Å². The first-order chi connectivity index (χ1) is 20.7. The van der Waals surface area contributed by atoms with Crippen LogP contribution in [-0.4, -0.2) is 30.5 Å². The van der Waals surface area contributed by atoms with Crippen molar-refractivity contribution in [3.05, 3.63) is 0 Å². The summed E-state index contributed by atoms with van der Waals surface area (Å²) in [6.45, 7) is 8.04. The molecule has 0 unspecified atom stereocenters. The largest absolute Gasteiger partial charge is 1.00 e. The van der Waals surface area contributed by atoms with Crippen molar-refractivity contribution in [2.75, 3.05) is 19.6 Å². The van der Waals surface area contributed by atoms with Crippen LogP contribution < -0.4 is 56.5 Å². The van der Waals surface area contributed by atoms with E-state index in [4.69, 9.17) is 0 Å². The Morgan fingerprint density at radius 1 is 0.372 bits per heavy atom. The normalized spacial score (nSPS) is 11.3. The maximum absolute atomic E-state index is 10.8. The zero-order valence-electron chi connectivity index (χ0n) is 30.2. The SMILES string of the molecule is CCCCCCCCCCCCCCCCCN(CCCCCCCCCCCCCCCCC)CCCCC(=O)[O-].[K+]. The van der Waals surface area contributed by atoms with Crippen molar-refractivity contribution >= 4 is 5.97 Å². The van der Waals surface area contributed by atoms with Crippen LogP contribution in [-0.2, 0) is 4.79 Å². The Morgan fingerprint density at radius 3 is 0.814 bits per heavy atom. The molecule has 0 aromatic rings. The molecule has 0 fully saturated rings. The Labute approximate surface area is 314 Å². The summed E-state index contributed by atoms with van der Waals surface area (Å²) in [4.78, 5) is 13.4. The fourth-order valence-electron chi connectivity index (χ4n) is 6.35. The minimum Gasteiger partial charge on any atom is -0.550 e. The van der Waals surface area contributed by atoms with Gasteiger partial charge in [0, 0.05) is 5.97 Å². The Bertz CT molecular complexity index is 481. The van der Waals surface area contributed by atoms with E-state index in [0.717, 1.165) is 19.4 Å². The van der Waals surface area contributed by atoms with Gasteiger partial charge in [0.15, 0.2) is 0 Å². The zero-order chi connectivity index (χ0) is 30.6. The van der Waals surface area contributed by atoms with Crippen molar-refractivity contribution in [3.8, 4) is 0 Å². The van der Waals surface area contributed by atoms with E-state index in [-0.39, 0.29) is 57.8 Å². The van der Waals surface area contributed by atoms with E-state index >= 15 is 0 Å². The van der Waals surface area contributed by atoms with Crippen molar-refractivity contribution in [2.24, 2.45) is 0 Å². The third kappa shape index (κ3) is 41.0. The predicted molar refractivity (Wildman–Crippen MR) is 185 cm³/mol. The molecule has 0 amide bonds. The fourth-order valence-corrected chi connectivity index (χ4v) is 6.35. The van der Waals surface area contributed by atoms with Gasteiger partial charge in [0.25, 0.3) is 0 Å². The molecule has 43 heavy (non-hydrogen) atoms. The molecule has 0 N–H and O–H groups in total. The molecule has 0 heterocycles. The van der Waals surface area contributed by atoms with Crippen LogP contribution in [0.25, 0.3) is 0 Å². The Balaban J connectivity index is 0. The van der Waals surface area contributed by atoms with Gasteiger partial charge in [-0.1, -0.05) is 194 Å². The number of unbranched alkanes of at least 4 members (excludes halogenated alkanes) is 29. The van der Waals surface area contributed by atoms with Crippen LogP contribution >= 0.6 is 0 Å². The first-order valence-electron chi connectivity index (χ1n) is 19.6. The van der Waals surface area contributed by atoms with Crippen molar-refractivity contribution in [2.45, 2.75) is 226 Å². The van der Waals surface area contributed by atoms with Crippen LogP contribution in [0.3, 0.4) is 0 Å². The van der Waals surface area contributed by atoms with Crippen LogP contribution in [0, 0.1) is 0 Å². The summed E-state index contributed by atoms with van der Waals surface area (Å²) < 4.78 is 0. The molecule has 0 aliphatic heterocycles. The number of carboxylic acid groups (broad SMARTS) is 1. The standard InChI is InChI=1S/C39H79NO2.K/c1-3-5-7-9-11-13-15-17-19-21-23-25-27-29-32-36-40(38-34-31-35-39(41)42)37-33-30-28-26-24-22-20-18-16-14-12-10-8-6-4-2;/h3-38H2,1-2H3,(H,41,42);/q;+1/p-1. The van der Waals surface area contributed by atoms with E-state index in [2.05, 4.69) is 18.7 Å². The number of carboxylic acids is 1. The molecule has 0 aliphatic carbocycles.